The molecule has 0 N–H and O–H groups in total. The molecule has 1 saturated carbocycles. The van der Waals surface area contributed by atoms with Gasteiger partial charge in [-0.05, 0) is 57.0 Å². The minimum absolute atomic E-state index is 0.405. The normalized spacial score (nSPS) is 20.0. The van der Waals surface area contributed by atoms with Gasteiger partial charge in [0, 0.05) is 37.1 Å². The Morgan fingerprint density at radius 2 is 1.72 bits per heavy atom. The van der Waals surface area contributed by atoms with Crippen molar-refractivity contribution < 1.29 is 4.74 Å². The Morgan fingerprint density at radius 1 is 1.00 bits per heavy atom. The van der Waals surface area contributed by atoms with E-state index < -0.39 is 0 Å². The summed E-state index contributed by atoms with van der Waals surface area (Å²) >= 11 is 1.75. The van der Waals surface area contributed by atoms with E-state index in [1.165, 1.54) is 37.7 Å². The second kappa shape index (κ2) is 7.75. The van der Waals surface area contributed by atoms with Crippen LogP contribution >= 0.6 is 11.3 Å². The smallest absolute Gasteiger partial charge is 0.185 e. The van der Waals surface area contributed by atoms with E-state index in [4.69, 9.17) is 9.72 Å². The summed E-state index contributed by atoms with van der Waals surface area (Å²) in [5.74, 6) is 0.991. The van der Waals surface area contributed by atoms with Gasteiger partial charge in [-0.1, -0.05) is 6.42 Å². The Balaban J connectivity index is 1.40. The van der Waals surface area contributed by atoms with Crippen molar-refractivity contribution in [3.63, 3.8) is 0 Å². The molecule has 4 nitrogen and oxygen atoms in total. The van der Waals surface area contributed by atoms with Crippen molar-refractivity contribution >= 4 is 16.5 Å². The molecule has 0 atom stereocenters. The van der Waals surface area contributed by atoms with Gasteiger partial charge in [0.15, 0.2) is 5.13 Å². The first-order chi connectivity index (χ1) is 12.3. The molecule has 0 unspecified atom stereocenters. The van der Waals surface area contributed by atoms with Gasteiger partial charge in [-0.15, -0.1) is 11.3 Å². The number of benzene rings is 1. The summed E-state index contributed by atoms with van der Waals surface area (Å²) in [5.41, 5.74) is 2.25. The van der Waals surface area contributed by atoms with Crippen molar-refractivity contribution in [2.45, 2.75) is 38.2 Å². The first-order valence-electron chi connectivity index (χ1n) is 9.44. The molecule has 0 amide bonds. The third-order valence-corrected chi connectivity index (χ3v) is 6.17. The summed E-state index contributed by atoms with van der Waals surface area (Å²) in [6, 6.07) is 8.47. The lowest BCUT2D eigenvalue weighted by Crippen LogP contribution is -2.44. The minimum atomic E-state index is 0.405. The standard InChI is InChI=1S/C20H27N3OS/c1-22-11-13-23(14-12-22)20-21-19(15-25-20)16-7-9-18(10-8-16)24-17-5-3-2-4-6-17/h7-10,15,17H,2-6,11-14H2,1H3. The van der Waals surface area contributed by atoms with Crippen molar-refractivity contribution in [2.75, 3.05) is 38.1 Å². The molecule has 25 heavy (non-hydrogen) atoms. The maximum Gasteiger partial charge on any atom is 0.185 e. The second-order valence-corrected chi connectivity index (χ2v) is 8.04. The topological polar surface area (TPSA) is 28.6 Å². The van der Waals surface area contributed by atoms with Crippen LogP contribution in [0.5, 0.6) is 5.75 Å². The molecule has 1 aliphatic heterocycles. The number of hydrogen-bond donors (Lipinski definition) is 0. The summed E-state index contributed by atoms with van der Waals surface area (Å²) in [4.78, 5) is 9.63. The molecular formula is C20H27N3OS. The molecule has 1 aliphatic carbocycles. The number of rotatable bonds is 4. The van der Waals surface area contributed by atoms with Crippen LogP contribution in [0, 0.1) is 0 Å². The largest absolute Gasteiger partial charge is 0.490 e. The molecule has 134 valence electrons. The molecule has 1 aromatic carbocycles. The van der Waals surface area contributed by atoms with Crippen molar-refractivity contribution in [3.05, 3.63) is 29.6 Å². The third-order valence-electron chi connectivity index (χ3n) is 5.27. The average Bonchev–Trinajstić information content (AvgIpc) is 3.14. The Hall–Kier alpha value is -1.59. The first kappa shape index (κ1) is 16.9. The van der Waals surface area contributed by atoms with E-state index in [2.05, 4.69) is 46.5 Å². The molecule has 2 fully saturated rings. The predicted molar refractivity (Wildman–Crippen MR) is 105 cm³/mol. The van der Waals surface area contributed by atoms with Gasteiger partial charge in [-0.25, -0.2) is 4.98 Å². The lowest BCUT2D eigenvalue weighted by Gasteiger charge is -2.32. The van der Waals surface area contributed by atoms with E-state index in [-0.39, 0.29) is 0 Å². The van der Waals surface area contributed by atoms with Gasteiger partial charge >= 0.3 is 0 Å². The van der Waals surface area contributed by atoms with Crippen LogP contribution in [-0.4, -0.2) is 49.2 Å². The molecule has 2 aromatic rings. The Labute approximate surface area is 154 Å². The highest BCUT2D eigenvalue weighted by Crippen LogP contribution is 2.30. The van der Waals surface area contributed by atoms with Crippen LogP contribution in [0.25, 0.3) is 11.3 Å². The number of anilines is 1. The highest BCUT2D eigenvalue weighted by atomic mass is 32.1. The molecule has 5 heteroatoms. The number of nitrogens with zero attached hydrogens (tertiary/aromatic N) is 3. The lowest BCUT2D eigenvalue weighted by atomic mass is 9.98. The van der Waals surface area contributed by atoms with Gasteiger partial charge < -0.3 is 14.5 Å². The molecular weight excluding hydrogens is 330 g/mol. The zero-order valence-corrected chi connectivity index (χ0v) is 15.8. The molecule has 2 heterocycles. The summed E-state index contributed by atoms with van der Waals surface area (Å²) in [5, 5.41) is 3.32. The summed E-state index contributed by atoms with van der Waals surface area (Å²) in [6.45, 7) is 4.36. The SMILES string of the molecule is CN1CCN(c2nc(-c3ccc(OC4CCCCC4)cc3)cs2)CC1. The highest BCUT2D eigenvalue weighted by molar-refractivity contribution is 7.14. The van der Waals surface area contributed by atoms with Crippen LogP contribution in [0.15, 0.2) is 29.6 Å². The van der Waals surface area contributed by atoms with E-state index >= 15 is 0 Å². The van der Waals surface area contributed by atoms with Crippen molar-refractivity contribution in [1.82, 2.24) is 9.88 Å². The van der Waals surface area contributed by atoms with Crippen LogP contribution in [0.4, 0.5) is 5.13 Å². The lowest BCUT2D eigenvalue weighted by molar-refractivity contribution is 0.155. The number of aromatic nitrogens is 1. The van der Waals surface area contributed by atoms with Crippen molar-refractivity contribution in [3.8, 4) is 17.0 Å². The van der Waals surface area contributed by atoms with E-state index in [0.717, 1.165) is 42.8 Å². The van der Waals surface area contributed by atoms with Crippen LogP contribution in [-0.2, 0) is 0 Å². The van der Waals surface area contributed by atoms with E-state index in [9.17, 15) is 0 Å². The summed E-state index contributed by atoms with van der Waals surface area (Å²) < 4.78 is 6.13. The minimum Gasteiger partial charge on any atom is -0.490 e. The number of hydrogen-bond acceptors (Lipinski definition) is 5. The fraction of sp³-hybridized carbons (Fsp3) is 0.550. The average molecular weight is 358 g/mol. The molecule has 0 radical (unpaired) electrons. The maximum atomic E-state index is 6.13. The zero-order valence-electron chi connectivity index (χ0n) is 15.0. The molecule has 1 saturated heterocycles. The zero-order chi connectivity index (χ0) is 17.1. The van der Waals surface area contributed by atoms with Crippen LogP contribution in [0.3, 0.4) is 0 Å². The van der Waals surface area contributed by atoms with Crippen molar-refractivity contribution in [2.24, 2.45) is 0 Å². The summed E-state index contributed by atoms with van der Waals surface area (Å²) in [7, 11) is 2.18. The first-order valence-corrected chi connectivity index (χ1v) is 10.3. The fourth-order valence-electron chi connectivity index (χ4n) is 3.62. The summed E-state index contributed by atoms with van der Waals surface area (Å²) in [6.07, 6.45) is 6.76. The number of likely N-dealkylation sites (N-methyl/N-ethyl adjacent to an activating group) is 1. The number of piperazine rings is 1. The number of ether oxygens (including phenoxy) is 1. The van der Waals surface area contributed by atoms with Crippen LogP contribution < -0.4 is 9.64 Å². The molecule has 2 aliphatic rings. The fourth-order valence-corrected chi connectivity index (χ4v) is 4.51. The Morgan fingerprint density at radius 3 is 2.44 bits per heavy atom. The maximum absolute atomic E-state index is 6.13. The Kier molecular flexibility index (Phi) is 5.22. The van der Waals surface area contributed by atoms with Crippen LogP contribution in [0.1, 0.15) is 32.1 Å². The van der Waals surface area contributed by atoms with Gasteiger partial charge in [-0.2, -0.15) is 0 Å². The quantitative estimate of drug-likeness (QED) is 0.817. The molecule has 4 rings (SSSR count). The van der Waals surface area contributed by atoms with E-state index in [0.29, 0.717) is 6.10 Å². The van der Waals surface area contributed by atoms with E-state index in [1.54, 1.807) is 11.3 Å². The Bertz CT molecular complexity index is 671. The molecule has 0 spiro atoms. The van der Waals surface area contributed by atoms with Crippen molar-refractivity contribution in [1.29, 1.82) is 0 Å². The molecule has 0 bridgehead atoms. The van der Waals surface area contributed by atoms with Gasteiger partial charge in [0.1, 0.15) is 5.75 Å². The van der Waals surface area contributed by atoms with Gasteiger partial charge in [-0.3, -0.25) is 0 Å². The predicted octanol–water partition coefficient (Wildman–Crippen LogP) is 4.27. The second-order valence-electron chi connectivity index (χ2n) is 7.21. The monoisotopic (exact) mass is 357 g/mol. The highest BCUT2D eigenvalue weighted by Gasteiger charge is 2.18. The van der Waals surface area contributed by atoms with E-state index in [1.807, 2.05) is 0 Å². The van der Waals surface area contributed by atoms with Gasteiger partial charge in [0.2, 0.25) is 0 Å². The van der Waals surface area contributed by atoms with Crippen LogP contribution in [0.2, 0.25) is 0 Å². The third kappa shape index (κ3) is 4.15. The van der Waals surface area contributed by atoms with Gasteiger partial charge in [0.05, 0.1) is 11.8 Å². The van der Waals surface area contributed by atoms with Gasteiger partial charge in [0.25, 0.3) is 0 Å². The number of thiazole rings is 1. The molecule has 1 aromatic heterocycles.